The van der Waals surface area contributed by atoms with E-state index in [0.717, 1.165) is 25.9 Å². The van der Waals surface area contributed by atoms with Crippen LogP contribution in [0.15, 0.2) is 0 Å². The topological polar surface area (TPSA) is 38.8 Å². The van der Waals surface area contributed by atoms with E-state index in [0.29, 0.717) is 0 Å². The fraction of sp³-hybridized carbons (Fsp3) is 0.889. The van der Waals surface area contributed by atoms with Crippen LogP contribution in [0.25, 0.3) is 0 Å². The van der Waals surface area contributed by atoms with Crippen LogP contribution in [0, 0.1) is 0 Å². The SMILES string of the molecule is COC1(OC)CCN(C(C)=O)CC1. The van der Waals surface area contributed by atoms with Crippen LogP contribution < -0.4 is 0 Å². The Kier molecular flexibility index (Phi) is 3.27. The monoisotopic (exact) mass is 187 g/mol. The standard InChI is InChI=1S/C9H17NO3/c1-8(11)10-6-4-9(12-2,13-3)5-7-10/h4-7H2,1-3H3. The molecule has 0 aromatic carbocycles. The van der Waals surface area contributed by atoms with Crippen molar-refractivity contribution in [2.75, 3.05) is 27.3 Å². The number of rotatable bonds is 2. The number of likely N-dealkylation sites (tertiary alicyclic amines) is 1. The lowest BCUT2D eigenvalue weighted by atomic mass is 10.0. The minimum atomic E-state index is -0.466. The molecule has 4 nitrogen and oxygen atoms in total. The highest BCUT2D eigenvalue weighted by molar-refractivity contribution is 5.73. The molecule has 0 bridgehead atoms. The van der Waals surface area contributed by atoms with Crippen molar-refractivity contribution in [2.45, 2.75) is 25.6 Å². The average Bonchev–Trinajstić information content (AvgIpc) is 2.18. The van der Waals surface area contributed by atoms with Gasteiger partial charge in [0.15, 0.2) is 5.79 Å². The van der Waals surface area contributed by atoms with E-state index in [2.05, 4.69) is 0 Å². The first-order chi connectivity index (χ1) is 6.13. The molecule has 0 spiro atoms. The molecule has 0 radical (unpaired) electrons. The second-order valence-electron chi connectivity index (χ2n) is 3.32. The molecule has 4 heteroatoms. The lowest BCUT2D eigenvalue weighted by molar-refractivity contribution is -0.228. The Morgan fingerprint density at radius 3 is 2.00 bits per heavy atom. The third-order valence-electron chi connectivity index (χ3n) is 2.71. The van der Waals surface area contributed by atoms with Crippen LogP contribution >= 0.6 is 0 Å². The lowest BCUT2D eigenvalue weighted by Gasteiger charge is -2.39. The van der Waals surface area contributed by atoms with Crippen LogP contribution in [-0.4, -0.2) is 43.9 Å². The van der Waals surface area contributed by atoms with Crippen LogP contribution in [0.2, 0.25) is 0 Å². The van der Waals surface area contributed by atoms with Crippen LogP contribution in [-0.2, 0) is 14.3 Å². The molecule has 0 atom stereocenters. The van der Waals surface area contributed by atoms with Crippen LogP contribution in [0.4, 0.5) is 0 Å². The molecular formula is C9H17NO3. The van der Waals surface area contributed by atoms with E-state index in [4.69, 9.17) is 9.47 Å². The van der Waals surface area contributed by atoms with Gasteiger partial charge in [-0.1, -0.05) is 0 Å². The minimum absolute atomic E-state index is 0.126. The zero-order valence-corrected chi connectivity index (χ0v) is 8.50. The summed E-state index contributed by atoms with van der Waals surface area (Å²) in [6.07, 6.45) is 1.50. The Morgan fingerprint density at radius 2 is 1.69 bits per heavy atom. The first-order valence-electron chi connectivity index (χ1n) is 4.49. The fourth-order valence-corrected chi connectivity index (χ4v) is 1.65. The second kappa shape index (κ2) is 4.07. The van der Waals surface area contributed by atoms with Crippen LogP contribution in [0.5, 0.6) is 0 Å². The molecule has 1 saturated heterocycles. The Hall–Kier alpha value is -0.610. The minimum Gasteiger partial charge on any atom is -0.353 e. The molecule has 1 fully saturated rings. The Morgan fingerprint density at radius 1 is 1.23 bits per heavy atom. The largest absolute Gasteiger partial charge is 0.353 e. The maximum atomic E-state index is 11.0. The van der Waals surface area contributed by atoms with Crippen molar-refractivity contribution in [1.82, 2.24) is 4.90 Å². The zero-order chi connectivity index (χ0) is 9.90. The Balaban J connectivity index is 2.50. The molecule has 0 unspecified atom stereocenters. The van der Waals surface area contributed by atoms with Crippen LogP contribution in [0.3, 0.4) is 0 Å². The van der Waals surface area contributed by atoms with Gasteiger partial charge in [0.05, 0.1) is 0 Å². The molecule has 1 amide bonds. The normalized spacial score (nSPS) is 21.6. The molecule has 1 aliphatic heterocycles. The average molecular weight is 187 g/mol. The highest BCUT2D eigenvalue weighted by Gasteiger charge is 2.34. The number of ether oxygens (including phenoxy) is 2. The van der Waals surface area contributed by atoms with E-state index in [1.165, 1.54) is 0 Å². The molecule has 0 aliphatic carbocycles. The van der Waals surface area contributed by atoms with Gasteiger partial charge in [0, 0.05) is 47.1 Å². The van der Waals surface area contributed by atoms with Gasteiger partial charge in [-0.2, -0.15) is 0 Å². The van der Waals surface area contributed by atoms with Gasteiger partial charge in [-0.3, -0.25) is 4.79 Å². The third kappa shape index (κ3) is 2.19. The molecule has 0 aromatic rings. The number of nitrogens with zero attached hydrogens (tertiary/aromatic N) is 1. The summed E-state index contributed by atoms with van der Waals surface area (Å²) in [7, 11) is 3.29. The van der Waals surface area contributed by atoms with Gasteiger partial charge in [0.1, 0.15) is 0 Å². The van der Waals surface area contributed by atoms with Crippen molar-refractivity contribution in [3.05, 3.63) is 0 Å². The quantitative estimate of drug-likeness (QED) is 0.595. The predicted octanol–water partition coefficient (Wildman–Crippen LogP) is 0.618. The van der Waals surface area contributed by atoms with Crippen molar-refractivity contribution in [1.29, 1.82) is 0 Å². The van der Waals surface area contributed by atoms with Gasteiger partial charge in [-0.05, 0) is 0 Å². The molecular weight excluding hydrogens is 170 g/mol. The summed E-state index contributed by atoms with van der Waals surface area (Å²) < 4.78 is 10.6. The summed E-state index contributed by atoms with van der Waals surface area (Å²) >= 11 is 0. The van der Waals surface area contributed by atoms with E-state index in [1.54, 1.807) is 21.1 Å². The third-order valence-corrected chi connectivity index (χ3v) is 2.71. The lowest BCUT2D eigenvalue weighted by Crippen LogP contribution is -2.48. The predicted molar refractivity (Wildman–Crippen MR) is 48.2 cm³/mol. The number of carbonyl (C=O) groups is 1. The Bertz CT molecular complexity index is 179. The maximum Gasteiger partial charge on any atom is 0.219 e. The van der Waals surface area contributed by atoms with Crippen molar-refractivity contribution in [3.8, 4) is 0 Å². The first-order valence-corrected chi connectivity index (χ1v) is 4.49. The first kappa shape index (κ1) is 10.5. The van der Waals surface area contributed by atoms with E-state index >= 15 is 0 Å². The molecule has 76 valence electrons. The van der Waals surface area contributed by atoms with E-state index in [9.17, 15) is 4.79 Å². The van der Waals surface area contributed by atoms with Gasteiger partial charge >= 0.3 is 0 Å². The summed E-state index contributed by atoms with van der Waals surface area (Å²) in [5.41, 5.74) is 0. The highest BCUT2D eigenvalue weighted by atomic mass is 16.7. The Labute approximate surface area is 78.8 Å². The summed E-state index contributed by atoms with van der Waals surface area (Å²) in [5, 5.41) is 0. The van der Waals surface area contributed by atoms with Gasteiger partial charge in [-0.25, -0.2) is 0 Å². The smallest absolute Gasteiger partial charge is 0.219 e. The molecule has 0 saturated carbocycles. The van der Waals surface area contributed by atoms with E-state index < -0.39 is 5.79 Å². The van der Waals surface area contributed by atoms with Gasteiger partial charge in [0.25, 0.3) is 0 Å². The molecule has 0 N–H and O–H groups in total. The zero-order valence-electron chi connectivity index (χ0n) is 8.50. The van der Waals surface area contributed by atoms with Gasteiger partial charge < -0.3 is 14.4 Å². The summed E-state index contributed by atoms with van der Waals surface area (Å²) in [6.45, 7) is 3.03. The summed E-state index contributed by atoms with van der Waals surface area (Å²) in [5.74, 6) is -0.341. The van der Waals surface area contributed by atoms with Gasteiger partial charge in [-0.15, -0.1) is 0 Å². The van der Waals surface area contributed by atoms with Crippen molar-refractivity contribution in [3.63, 3.8) is 0 Å². The highest BCUT2D eigenvalue weighted by Crippen LogP contribution is 2.26. The van der Waals surface area contributed by atoms with Crippen molar-refractivity contribution >= 4 is 5.91 Å². The number of hydrogen-bond donors (Lipinski definition) is 0. The second-order valence-corrected chi connectivity index (χ2v) is 3.32. The van der Waals surface area contributed by atoms with E-state index in [-0.39, 0.29) is 5.91 Å². The van der Waals surface area contributed by atoms with Crippen molar-refractivity contribution < 1.29 is 14.3 Å². The number of hydrogen-bond acceptors (Lipinski definition) is 3. The van der Waals surface area contributed by atoms with Gasteiger partial charge in [0.2, 0.25) is 5.91 Å². The van der Waals surface area contributed by atoms with Crippen molar-refractivity contribution in [2.24, 2.45) is 0 Å². The summed E-state index contributed by atoms with van der Waals surface area (Å²) in [6, 6.07) is 0. The number of amides is 1. The molecule has 13 heavy (non-hydrogen) atoms. The number of carbonyl (C=O) groups excluding carboxylic acids is 1. The summed E-state index contributed by atoms with van der Waals surface area (Å²) in [4.78, 5) is 12.8. The van der Waals surface area contributed by atoms with E-state index in [1.807, 2.05) is 4.90 Å². The molecule has 1 aliphatic rings. The van der Waals surface area contributed by atoms with Crippen LogP contribution in [0.1, 0.15) is 19.8 Å². The molecule has 0 aromatic heterocycles. The number of methoxy groups -OCH3 is 2. The fourth-order valence-electron chi connectivity index (χ4n) is 1.65. The number of piperidine rings is 1. The molecule has 1 heterocycles. The molecule has 1 rings (SSSR count). The maximum absolute atomic E-state index is 11.0.